The number of carbonyl (C=O) groups is 2. The molecule has 2 aliphatic heterocycles. The van der Waals surface area contributed by atoms with E-state index in [0.717, 1.165) is 23.3 Å². The molecule has 0 aromatic heterocycles. The number of halogens is 2. The highest BCUT2D eigenvalue weighted by Crippen LogP contribution is 2.25. The zero-order chi connectivity index (χ0) is 23.8. The van der Waals surface area contributed by atoms with E-state index in [1.165, 1.54) is 14.1 Å². The summed E-state index contributed by atoms with van der Waals surface area (Å²) in [6, 6.07) is 10.0. The molecule has 0 radical (unpaired) electrons. The highest BCUT2D eigenvalue weighted by atomic mass is 32.2. The van der Waals surface area contributed by atoms with Gasteiger partial charge in [-0.2, -0.15) is 4.31 Å². The number of amides is 2. The van der Waals surface area contributed by atoms with E-state index in [9.17, 15) is 26.8 Å². The first-order valence-corrected chi connectivity index (χ1v) is 12.2. The lowest BCUT2D eigenvalue weighted by atomic mass is 10.0. The van der Waals surface area contributed by atoms with Crippen molar-refractivity contribution in [1.29, 1.82) is 0 Å². The van der Waals surface area contributed by atoms with E-state index >= 15 is 0 Å². The Bertz CT molecular complexity index is 1160. The molecule has 2 aliphatic rings. The van der Waals surface area contributed by atoms with E-state index in [1.54, 1.807) is 0 Å². The lowest BCUT2D eigenvalue weighted by Gasteiger charge is -2.41. The molecule has 2 saturated heterocycles. The van der Waals surface area contributed by atoms with Gasteiger partial charge in [0.05, 0.1) is 4.90 Å². The van der Waals surface area contributed by atoms with E-state index in [2.05, 4.69) is 0 Å². The highest BCUT2D eigenvalue weighted by Gasteiger charge is 2.39. The van der Waals surface area contributed by atoms with Crippen LogP contribution in [0.15, 0.2) is 47.4 Å². The van der Waals surface area contributed by atoms with Crippen LogP contribution in [0, 0.1) is 18.6 Å². The van der Waals surface area contributed by atoms with Crippen molar-refractivity contribution in [3.05, 3.63) is 65.2 Å². The quantitative estimate of drug-likeness (QED) is 0.620. The molecule has 0 spiro atoms. The highest BCUT2D eigenvalue weighted by molar-refractivity contribution is 7.89. The van der Waals surface area contributed by atoms with Crippen molar-refractivity contribution >= 4 is 21.8 Å². The number of hydrogen-bond donors (Lipinski definition) is 0. The van der Waals surface area contributed by atoms with Crippen molar-refractivity contribution in [1.82, 2.24) is 14.1 Å². The van der Waals surface area contributed by atoms with E-state index < -0.39 is 33.5 Å². The molecule has 10 heteroatoms. The van der Waals surface area contributed by atoms with Crippen LogP contribution in [0.2, 0.25) is 0 Å². The lowest BCUT2D eigenvalue weighted by Crippen LogP contribution is -2.58. The summed E-state index contributed by atoms with van der Waals surface area (Å²) >= 11 is 0. The van der Waals surface area contributed by atoms with Crippen molar-refractivity contribution in [2.45, 2.75) is 37.2 Å². The van der Waals surface area contributed by atoms with Gasteiger partial charge in [-0.15, -0.1) is 0 Å². The van der Waals surface area contributed by atoms with Gasteiger partial charge in [-0.3, -0.25) is 9.59 Å². The number of hydrogen-bond acceptors (Lipinski definition) is 4. The Labute approximate surface area is 191 Å². The first-order chi connectivity index (χ1) is 15.7. The summed E-state index contributed by atoms with van der Waals surface area (Å²) < 4.78 is 53.4. The Balaban J connectivity index is 1.37. The molecule has 176 valence electrons. The maximum atomic E-state index is 13.5. The Morgan fingerprint density at radius 3 is 2.18 bits per heavy atom. The van der Waals surface area contributed by atoms with Crippen LogP contribution < -0.4 is 0 Å². The molecule has 7 nitrogen and oxygen atoms in total. The molecule has 2 fully saturated rings. The second-order valence-corrected chi connectivity index (χ2v) is 10.4. The van der Waals surface area contributed by atoms with E-state index in [1.807, 2.05) is 31.2 Å². The van der Waals surface area contributed by atoms with Gasteiger partial charge >= 0.3 is 11.8 Å². The number of rotatable bonds is 5. The van der Waals surface area contributed by atoms with Gasteiger partial charge < -0.3 is 9.80 Å². The minimum Gasteiger partial charge on any atom is -0.330 e. The monoisotopic (exact) mass is 477 g/mol. The third-order valence-electron chi connectivity index (χ3n) is 6.23. The maximum Gasteiger partial charge on any atom is 0.312 e. The van der Waals surface area contributed by atoms with Gasteiger partial charge in [0.25, 0.3) is 0 Å². The van der Waals surface area contributed by atoms with Gasteiger partial charge in [0.1, 0.15) is 0 Å². The molecule has 0 bridgehead atoms. The summed E-state index contributed by atoms with van der Waals surface area (Å²) in [7, 11) is -3.98. The molecule has 2 aromatic carbocycles. The molecule has 2 heterocycles. The number of sulfonamides is 1. The molecular weight excluding hydrogens is 452 g/mol. The molecule has 0 N–H and O–H groups in total. The lowest BCUT2D eigenvalue weighted by molar-refractivity contribution is -0.158. The summed E-state index contributed by atoms with van der Waals surface area (Å²) in [6.07, 6.45) is 0.722. The average Bonchev–Trinajstić information content (AvgIpc) is 2.80. The summed E-state index contributed by atoms with van der Waals surface area (Å²) in [5, 5.41) is 0. The number of benzene rings is 2. The van der Waals surface area contributed by atoms with Gasteiger partial charge in [0, 0.05) is 38.8 Å². The van der Waals surface area contributed by atoms with Gasteiger partial charge in [-0.1, -0.05) is 29.8 Å². The molecule has 0 saturated carbocycles. The van der Waals surface area contributed by atoms with Gasteiger partial charge in [0.2, 0.25) is 10.0 Å². The Kier molecular flexibility index (Phi) is 6.49. The average molecular weight is 478 g/mol. The largest absolute Gasteiger partial charge is 0.330 e. The van der Waals surface area contributed by atoms with Crippen molar-refractivity contribution in [2.24, 2.45) is 0 Å². The van der Waals surface area contributed by atoms with Crippen molar-refractivity contribution in [2.75, 3.05) is 26.2 Å². The number of piperazine rings is 1. The van der Waals surface area contributed by atoms with Crippen molar-refractivity contribution < 1.29 is 26.8 Å². The second kappa shape index (κ2) is 9.18. The van der Waals surface area contributed by atoms with E-state index in [4.69, 9.17) is 0 Å². The molecule has 2 aromatic rings. The normalized spacial score (nSPS) is 18.8. The van der Waals surface area contributed by atoms with Crippen LogP contribution in [0.1, 0.15) is 24.0 Å². The Hall–Kier alpha value is -2.85. The zero-order valence-corrected chi connectivity index (χ0v) is 19.0. The standard InChI is InChI=1S/C23H25F2N3O4S/c1-16-2-4-17(5-3-16)15-26-12-13-28(23(30)22(26)29)18-8-10-27(11-9-18)33(31,32)19-6-7-20(24)21(25)14-19/h2-7,14,18H,8-13,15H2,1H3. The van der Waals surface area contributed by atoms with Crippen LogP contribution >= 0.6 is 0 Å². The van der Waals surface area contributed by atoms with Crippen LogP contribution in [0.4, 0.5) is 8.78 Å². The molecular formula is C23H25F2N3O4S. The number of piperidine rings is 1. The molecule has 33 heavy (non-hydrogen) atoms. The second-order valence-electron chi connectivity index (χ2n) is 8.42. The fraction of sp³-hybridized carbons (Fsp3) is 0.391. The minimum absolute atomic E-state index is 0.122. The smallest absolute Gasteiger partial charge is 0.312 e. The number of carbonyl (C=O) groups excluding carboxylic acids is 2. The van der Waals surface area contributed by atoms with Crippen LogP contribution in [0.5, 0.6) is 0 Å². The van der Waals surface area contributed by atoms with Gasteiger partial charge in [-0.05, 0) is 43.5 Å². The van der Waals surface area contributed by atoms with Crippen LogP contribution in [0.25, 0.3) is 0 Å². The summed E-state index contributed by atoms with van der Waals surface area (Å²) in [6.45, 7) is 3.38. The van der Waals surface area contributed by atoms with Crippen molar-refractivity contribution in [3.63, 3.8) is 0 Å². The first kappa shape index (κ1) is 23.3. The third kappa shape index (κ3) is 4.77. The minimum atomic E-state index is -3.98. The van der Waals surface area contributed by atoms with Crippen LogP contribution in [-0.2, 0) is 26.2 Å². The SMILES string of the molecule is Cc1ccc(CN2CCN(C3CCN(S(=O)(=O)c4ccc(F)c(F)c4)CC3)C(=O)C2=O)cc1. The van der Waals surface area contributed by atoms with E-state index in [-0.39, 0.29) is 24.0 Å². The van der Waals surface area contributed by atoms with Crippen molar-refractivity contribution in [3.8, 4) is 0 Å². The fourth-order valence-electron chi connectivity index (χ4n) is 4.28. The van der Waals surface area contributed by atoms with Crippen LogP contribution in [0.3, 0.4) is 0 Å². The maximum absolute atomic E-state index is 13.5. The fourth-order valence-corrected chi connectivity index (χ4v) is 5.77. The zero-order valence-electron chi connectivity index (χ0n) is 18.2. The molecule has 0 aliphatic carbocycles. The number of nitrogens with zero attached hydrogens (tertiary/aromatic N) is 3. The first-order valence-electron chi connectivity index (χ1n) is 10.8. The summed E-state index contributed by atoms with van der Waals surface area (Å²) in [4.78, 5) is 28.2. The van der Waals surface area contributed by atoms with Gasteiger partial charge in [-0.25, -0.2) is 17.2 Å². The van der Waals surface area contributed by atoms with Crippen LogP contribution in [-0.4, -0.2) is 66.6 Å². The molecule has 4 rings (SSSR count). The van der Waals surface area contributed by atoms with E-state index in [0.29, 0.717) is 38.5 Å². The Morgan fingerprint density at radius 2 is 1.55 bits per heavy atom. The topological polar surface area (TPSA) is 78.0 Å². The molecule has 0 unspecified atom stereocenters. The summed E-state index contributed by atoms with van der Waals surface area (Å²) in [5.41, 5.74) is 2.06. The van der Waals surface area contributed by atoms with Gasteiger partial charge in [0.15, 0.2) is 11.6 Å². The predicted molar refractivity (Wildman–Crippen MR) is 116 cm³/mol. The predicted octanol–water partition coefficient (Wildman–Crippen LogP) is 2.30. The molecule has 0 atom stereocenters. The third-order valence-corrected chi connectivity index (χ3v) is 8.12. The summed E-state index contributed by atoms with van der Waals surface area (Å²) in [5.74, 6) is -3.47. The Morgan fingerprint density at radius 1 is 0.879 bits per heavy atom. The molecule has 2 amide bonds. The number of aryl methyl sites for hydroxylation is 1.